The number of benzene rings is 1. The average molecular weight is 381 g/mol. The van der Waals surface area contributed by atoms with Crippen LogP contribution in [-0.4, -0.2) is 38.0 Å². The molecule has 2 N–H and O–H groups in total. The van der Waals surface area contributed by atoms with Gasteiger partial charge in [0.2, 0.25) is 0 Å². The third-order valence-corrected chi connectivity index (χ3v) is 8.03. The molecule has 1 heterocycles. The summed E-state index contributed by atoms with van der Waals surface area (Å²) in [7, 11) is -2.96. The molecule has 1 fully saturated rings. The highest BCUT2D eigenvalue weighted by Gasteiger charge is 2.27. The summed E-state index contributed by atoms with van der Waals surface area (Å²) >= 11 is 0. The number of anilines is 1. The van der Waals surface area contributed by atoms with E-state index in [0.29, 0.717) is 11.8 Å². The van der Waals surface area contributed by atoms with E-state index < -0.39 is 14.6 Å². The standard InChI is InChI=1S/C21H36N2O2S/c1-21(2,3)26(24,25)16-8-6-4-5-7-9-18-10-12-20(13-11-18)23-15-14-19(22)17-23/h10-13,19H,4-9,14-17,22H2,1-3H3. The third-order valence-electron chi connectivity index (χ3n) is 5.34. The predicted molar refractivity (Wildman–Crippen MR) is 112 cm³/mol. The Morgan fingerprint density at radius 1 is 1.04 bits per heavy atom. The van der Waals surface area contributed by atoms with Crippen molar-refractivity contribution in [3.63, 3.8) is 0 Å². The molecule has 148 valence electrons. The van der Waals surface area contributed by atoms with E-state index in [9.17, 15) is 8.42 Å². The van der Waals surface area contributed by atoms with Gasteiger partial charge in [-0.25, -0.2) is 8.42 Å². The van der Waals surface area contributed by atoms with Gasteiger partial charge in [0.05, 0.1) is 10.5 Å². The minimum Gasteiger partial charge on any atom is -0.370 e. The van der Waals surface area contributed by atoms with Crippen molar-refractivity contribution in [2.45, 2.75) is 76.5 Å². The van der Waals surface area contributed by atoms with Crippen LogP contribution in [0, 0.1) is 0 Å². The van der Waals surface area contributed by atoms with Crippen LogP contribution in [0.2, 0.25) is 0 Å². The SMILES string of the molecule is CC(C)(C)S(=O)(=O)CCCCCCCc1ccc(N2CCC(N)C2)cc1. The molecule has 0 bridgehead atoms. The van der Waals surface area contributed by atoms with Gasteiger partial charge in [-0.2, -0.15) is 0 Å². The van der Waals surface area contributed by atoms with E-state index in [1.165, 1.54) is 17.7 Å². The Labute approximate surface area is 160 Å². The maximum absolute atomic E-state index is 12.1. The first-order valence-electron chi connectivity index (χ1n) is 10.0. The second-order valence-electron chi connectivity index (χ2n) is 8.61. The van der Waals surface area contributed by atoms with Gasteiger partial charge in [0, 0.05) is 24.8 Å². The van der Waals surface area contributed by atoms with E-state index >= 15 is 0 Å². The van der Waals surface area contributed by atoms with E-state index in [1.807, 2.05) is 0 Å². The maximum Gasteiger partial charge on any atom is 0.155 e. The Balaban J connectivity index is 1.60. The summed E-state index contributed by atoms with van der Waals surface area (Å²) in [6, 6.07) is 9.20. The molecule has 5 heteroatoms. The molecule has 1 aliphatic rings. The van der Waals surface area contributed by atoms with E-state index in [0.717, 1.165) is 51.6 Å². The number of rotatable bonds is 9. The van der Waals surface area contributed by atoms with Crippen molar-refractivity contribution in [3.05, 3.63) is 29.8 Å². The molecule has 4 nitrogen and oxygen atoms in total. The lowest BCUT2D eigenvalue weighted by Crippen LogP contribution is -2.30. The molecule has 0 spiro atoms. The first kappa shape index (κ1) is 21.2. The van der Waals surface area contributed by atoms with Crippen LogP contribution < -0.4 is 10.6 Å². The number of unbranched alkanes of at least 4 members (excludes halogenated alkanes) is 4. The minimum absolute atomic E-state index is 0.313. The van der Waals surface area contributed by atoms with Gasteiger partial charge in [0.1, 0.15) is 0 Å². The molecular formula is C21H36N2O2S. The number of hydrogen-bond donors (Lipinski definition) is 1. The van der Waals surface area contributed by atoms with Crippen molar-refractivity contribution >= 4 is 15.5 Å². The summed E-state index contributed by atoms with van der Waals surface area (Å²) in [6.07, 6.45) is 7.41. The highest BCUT2D eigenvalue weighted by atomic mass is 32.2. The molecule has 0 radical (unpaired) electrons. The van der Waals surface area contributed by atoms with Gasteiger partial charge in [0.25, 0.3) is 0 Å². The van der Waals surface area contributed by atoms with Crippen LogP contribution in [0.25, 0.3) is 0 Å². The molecule has 0 aliphatic carbocycles. The molecule has 1 aliphatic heterocycles. The van der Waals surface area contributed by atoms with Crippen LogP contribution in [0.1, 0.15) is 64.9 Å². The Bertz CT molecular complexity index is 648. The lowest BCUT2D eigenvalue weighted by atomic mass is 10.1. The monoisotopic (exact) mass is 380 g/mol. The zero-order chi connectivity index (χ0) is 19.2. The second kappa shape index (κ2) is 9.23. The molecule has 1 atom stereocenters. The molecule has 1 unspecified atom stereocenters. The van der Waals surface area contributed by atoms with Crippen molar-refractivity contribution < 1.29 is 8.42 Å². The normalized spacial score (nSPS) is 18.5. The topological polar surface area (TPSA) is 63.4 Å². The van der Waals surface area contributed by atoms with Gasteiger partial charge in [-0.3, -0.25) is 0 Å². The van der Waals surface area contributed by atoms with E-state index in [-0.39, 0.29) is 0 Å². The van der Waals surface area contributed by atoms with Gasteiger partial charge >= 0.3 is 0 Å². The number of nitrogens with zero attached hydrogens (tertiary/aromatic N) is 1. The lowest BCUT2D eigenvalue weighted by molar-refractivity contribution is 0.552. The van der Waals surface area contributed by atoms with Crippen LogP contribution in [0.15, 0.2) is 24.3 Å². The number of aryl methyl sites for hydroxylation is 1. The molecule has 1 aromatic carbocycles. The van der Waals surface area contributed by atoms with Gasteiger partial charge in [-0.15, -0.1) is 0 Å². The molecule has 2 rings (SSSR count). The number of nitrogens with two attached hydrogens (primary N) is 1. The van der Waals surface area contributed by atoms with Gasteiger partial charge in [0.15, 0.2) is 9.84 Å². The number of sulfone groups is 1. The summed E-state index contributed by atoms with van der Waals surface area (Å²) in [4.78, 5) is 2.36. The smallest absolute Gasteiger partial charge is 0.155 e. The van der Waals surface area contributed by atoms with Crippen molar-refractivity contribution in [2.24, 2.45) is 5.73 Å². The summed E-state index contributed by atoms with van der Waals surface area (Å²) in [5, 5.41) is 0. The Morgan fingerprint density at radius 3 is 2.23 bits per heavy atom. The lowest BCUT2D eigenvalue weighted by Gasteiger charge is -2.18. The zero-order valence-corrected chi connectivity index (χ0v) is 17.5. The van der Waals surface area contributed by atoms with Crippen LogP contribution in [-0.2, 0) is 16.3 Å². The van der Waals surface area contributed by atoms with Crippen LogP contribution >= 0.6 is 0 Å². The number of hydrogen-bond acceptors (Lipinski definition) is 4. The largest absolute Gasteiger partial charge is 0.370 e. The van der Waals surface area contributed by atoms with Gasteiger partial charge < -0.3 is 10.6 Å². The molecule has 0 saturated carbocycles. The maximum atomic E-state index is 12.1. The van der Waals surface area contributed by atoms with Crippen molar-refractivity contribution in [1.29, 1.82) is 0 Å². The van der Waals surface area contributed by atoms with Crippen LogP contribution in [0.5, 0.6) is 0 Å². The Morgan fingerprint density at radius 2 is 1.65 bits per heavy atom. The van der Waals surface area contributed by atoms with Crippen molar-refractivity contribution in [2.75, 3.05) is 23.7 Å². The minimum atomic E-state index is -2.96. The fourth-order valence-electron chi connectivity index (χ4n) is 3.35. The first-order chi connectivity index (χ1) is 12.2. The van der Waals surface area contributed by atoms with Gasteiger partial charge in [-0.05, 0) is 64.2 Å². The molecular weight excluding hydrogens is 344 g/mol. The molecule has 1 aromatic rings. The van der Waals surface area contributed by atoms with Crippen molar-refractivity contribution in [3.8, 4) is 0 Å². The second-order valence-corrected chi connectivity index (χ2v) is 11.5. The third kappa shape index (κ3) is 6.27. The van der Waals surface area contributed by atoms with Crippen molar-refractivity contribution in [1.82, 2.24) is 0 Å². The predicted octanol–water partition coefficient (Wildman–Crippen LogP) is 3.93. The highest BCUT2D eigenvalue weighted by molar-refractivity contribution is 7.92. The van der Waals surface area contributed by atoms with Crippen LogP contribution in [0.4, 0.5) is 5.69 Å². The summed E-state index contributed by atoms with van der Waals surface area (Å²) in [5.74, 6) is 0.318. The summed E-state index contributed by atoms with van der Waals surface area (Å²) in [6.45, 7) is 7.37. The Hall–Kier alpha value is -1.07. The average Bonchev–Trinajstić information content (AvgIpc) is 3.00. The van der Waals surface area contributed by atoms with E-state index in [4.69, 9.17) is 5.73 Å². The molecule has 26 heavy (non-hydrogen) atoms. The van der Waals surface area contributed by atoms with Gasteiger partial charge in [-0.1, -0.05) is 31.4 Å². The summed E-state index contributed by atoms with van der Waals surface area (Å²) < 4.78 is 23.5. The quantitative estimate of drug-likeness (QED) is 0.659. The first-order valence-corrected chi connectivity index (χ1v) is 11.7. The fourth-order valence-corrected chi connectivity index (χ4v) is 4.55. The van der Waals surface area contributed by atoms with E-state index in [2.05, 4.69) is 29.2 Å². The molecule has 0 amide bonds. The highest BCUT2D eigenvalue weighted by Crippen LogP contribution is 2.21. The molecule has 0 aromatic heterocycles. The zero-order valence-electron chi connectivity index (χ0n) is 16.7. The van der Waals surface area contributed by atoms with Crippen LogP contribution in [0.3, 0.4) is 0 Å². The summed E-state index contributed by atoms with van der Waals surface area (Å²) in [5.41, 5.74) is 8.64. The van der Waals surface area contributed by atoms with E-state index in [1.54, 1.807) is 20.8 Å². The Kier molecular flexibility index (Phi) is 7.53. The molecule has 1 saturated heterocycles. The fraction of sp³-hybridized carbons (Fsp3) is 0.714.